The van der Waals surface area contributed by atoms with Crippen LogP contribution in [0.1, 0.15) is 18.4 Å². The minimum absolute atomic E-state index is 0.152. The fourth-order valence-corrected chi connectivity index (χ4v) is 1.98. The number of aromatic hydroxyl groups is 2. The molecule has 102 valence electrons. The molecule has 1 aliphatic rings. The van der Waals surface area contributed by atoms with E-state index in [-0.39, 0.29) is 17.4 Å². The minimum atomic E-state index is -0.215. The first-order valence-electron chi connectivity index (χ1n) is 6.21. The molecular formula is C13H17N3O3. The van der Waals surface area contributed by atoms with Crippen molar-refractivity contribution in [1.82, 2.24) is 10.3 Å². The van der Waals surface area contributed by atoms with Crippen molar-refractivity contribution in [2.24, 2.45) is 5.10 Å². The van der Waals surface area contributed by atoms with Gasteiger partial charge in [0, 0.05) is 0 Å². The molecule has 1 amide bonds. The lowest BCUT2D eigenvalue weighted by Crippen LogP contribution is -2.33. The van der Waals surface area contributed by atoms with Gasteiger partial charge in [0.15, 0.2) is 11.5 Å². The van der Waals surface area contributed by atoms with Crippen LogP contribution >= 0.6 is 0 Å². The third-order valence-electron chi connectivity index (χ3n) is 2.97. The van der Waals surface area contributed by atoms with Crippen LogP contribution in [0.5, 0.6) is 11.5 Å². The highest BCUT2D eigenvalue weighted by molar-refractivity contribution is 5.83. The number of hydrazone groups is 1. The van der Waals surface area contributed by atoms with Gasteiger partial charge < -0.3 is 10.2 Å². The fourth-order valence-electron chi connectivity index (χ4n) is 1.98. The normalized spacial score (nSPS) is 16.0. The van der Waals surface area contributed by atoms with Crippen molar-refractivity contribution in [3.63, 3.8) is 0 Å². The van der Waals surface area contributed by atoms with Crippen molar-refractivity contribution in [1.29, 1.82) is 0 Å². The zero-order valence-electron chi connectivity index (χ0n) is 10.5. The van der Waals surface area contributed by atoms with Crippen LogP contribution in [0.4, 0.5) is 0 Å². The van der Waals surface area contributed by atoms with Gasteiger partial charge in [0.1, 0.15) is 0 Å². The molecular weight excluding hydrogens is 246 g/mol. The highest BCUT2D eigenvalue weighted by atomic mass is 16.3. The molecule has 6 nitrogen and oxygen atoms in total. The van der Waals surface area contributed by atoms with Crippen LogP contribution in [0, 0.1) is 0 Å². The number of nitrogens with zero attached hydrogens (tertiary/aromatic N) is 2. The summed E-state index contributed by atoms with van der Waals surface area (Å²) in [6.45, 7) is 2.28. The van der Waals surface area contributed by atoms with Crippen molar-refractivity contribution in [2.45, 2.75) is 12.8 Å². The molecule has 0 saturated carbocycles. The Morgan fingerprint density at radius 1 is 1.32 bits per heavy atom. The number of likely N-dealkylation sites (tertiary alicyclic amines) is 1. The molecule has 2 rings (SSSR count). The number of nitrogens with one attached hydrogen (secondary N) is 1. The summed E-state index contributed by atoms with van der Waals surface area (Å²) in [6.07, 6.45) is 3.70. The number of phenols is 2. The van der Waals surface area contributed by atoms with Gasteiger partial charge in [-0.3, -0.25) is 9.69 Å². The Bertz CT molecular complexity index is 482. The minimum Gasteiger partial charge on any atom is -0.504 e. The Labute approximate surface area is 111 Å². The lowest BCUT2D eigenvalue weighted by atomic mass is 10.2. The first-order chi connectivity index (χ1) is 9.15. The van der Waals surface area contributed by atoms with Crippen molar-refractivity contribution in [3.8, 4) is 11.5 Å². The van der Waals surface area contributed by atoms with Crippen LogP contribution in [0.2, 0.25) is 0 Å². The molecule has 0 atom stereocenters. The molecule has 0 aliphatic carbocycles. The molecule has 1 aromatic carbocycles. The number of amides is 1. The molecule has 19 heavy (non-hydrogen) atoms. The molecule has 0 spiro atoms. The predicted octanol–water partition coefficient (Wildman–Crippen LogP) is 0.644. The number of benzene rings is 1. The summed E-state index contributed by atoms with van der Waals surface area (Å²) in [5.41, 5.74) is 3.03. The SMILES string of the molecule is O=C(CN1CCCC1)N/N=C\c1ccc(O)c(O)c1. The highest BCUT2D eigenvalue weighted by Crippen LogP contribution is 2.23. The van der Waals surface area contributed by atoms with E-state index in [1.165, 1.54) is 18.3 Å². The Morgan fingerprint density at radius 2 is 2.05 bits per heavy atom. The summed E-state index contributed by atoms with van der Waals surface area (Å²) in [7, 11) is 0. The Hall–Kier alpha value is -2.08. The van der Waals surface area contributed by atoms with Gasteiger partial charge in [0.25, 0.3) is 5.91 Å². The van der Waals surface area contributed by atoms with Gasteiger partial charge in [-0.05, 0) is 49.7 Å². The van der Waals surface area contributed by atoms with Gasteiger partial charge in [0.05, 0.1) is 12.8 Å². The molecule has 0 radical (unpaired) electrons. The van der Waals surface area contributed by atoms with Gasteiger partial charge in [-0.1, -0.05) is 0 Å². The first kappa shape index (κ1) is 13.4. The lowest BCUT2D eigenvalue weighted by Gasteiger charge is -2.12. The van der Waals surface area contributed by atoms with E-state index in [9.17, 15) is 9.90 Å². The van der Waals surface area contributed by atoms with E-state index in [2.05, 4.69) is 15.4 Å². The van der Waals surface area contributed by atoms with Crippen LogP contribution in [-0.4, -0.2) is 46.9 Å². The number of hydrogen-bond donors (Lipinski definition) is 3. The number of hydrogen-bond acceptors (Lipinski definition) is 5. The maximum atomic E-state index is 11.6. The first-order valence-corrected chi connectivity index (χ1v) is 6.21. The molecule has 1 aromatic rings. The molecule has 3 N–H and O–H groups in total. The van der Waals surface area contributed by atoms with Crippen molar-refractivity contribution < 1.29 is 15.0 Å². The van der Waals surface area contributed by atoms with Crippen LogP contribution in [0.15, 0.2) is 23.3 Å². The molecule has 0 aromatic heterocycles. The number of phenolic OH excluding ortho intramolecular Hbond substituents is 2. The zero-order valence-corrected chi connectivity index (χ0v) is 10.5. The topological polar surface area (TPSA) is 85.2 Å². The predicted molar refractivity (Wildman–Crippen MR) is 71.2 cm³/mol. The van der Waals surface area contributed by atoms with Crippen LogP contribution in [0.25, 0.3) is 0 Å². The van der Waals surface area contributed by atoms with E-state index in [1.54, 1.807) is 6.07 Å². The second-order valence-electron chi connectivity index (χ2n) is 4.52. The zero-order chi connectivity index (χ0) is 13.7. The third-order valence-corrected chi connectivity index (χ3v) is 2.97. The van der Waals surface area contributed by atoms with Gasteiger partial charge in [-0.2, -0.15) is 5.10 Å². The second kappa shape index (κ2) is 6.19. The maximum absolute atomic E-state index is 11.6. The van der Waals surface area contributed by atoms with Crippen molar-refractivity contribution in [3.05, 3.63) is 23.8 Å². The Morgan fingerprint density at radius 3 is 2.74 bits per heavy atom. The van der Waals surface area contributed by atoms with E-state index in [4.69, 9.17) is 5.11 Å². The standard InChI is InChI=1S/C13H17N3O3/c17-11-4-3-10(7-12(11)18)8-14-15-13(19)9-16-5-1-2-6-16/h3-4,7-8,17-18H,1-2,5-6,9H2,(H,15,19)/b14-8-. The Balaban J connectivity index is 1.81. The van der Waals surface area contributed by atoms with E-state index < -0.39 is 0 Å². The molecule has 1 heterocycles. The van der Waals surface area contributed by atoms with Gasteiger partial charge in [0.2, 0.25) is 0 Å². The van der Waals surface area contributed by atoms with E-state index in [1.807, 2.05) is 0 Å². The van der Waals surface area contributed by atoms with Gasteiger partial charge >= 0.3 is 0 Å². The molecule has 0 unspecified atom stereocenters. The maximum Gasteiger partial charge on any atom is 0.254 e. The van der Waals surface area contributed by atoms with E-state index in [0.717, 1.165) is 25.9 Å². The van der Waals surface area contributed by atoms with E-state index >= 15 is 0 Å². The summed E-state index contributed by atoms with van der Waals surface area (Å²) in [5.74, 6) is -0.552. The number of carbonyl (C=O) groups is 1. The Kier molecular flexibility index (Phi) is 4.35. The average Bonchev–Trinajstić information content (AvgIpc) is 2.86. The molecule has 0 bridgehead atoms. The van der Waals surface area contributed by atoms with Crippen LogP contribution in [-0.2, 0) is 4.79 Å². The number of carbonyl (C=O) groups excluding carboxylic acids is 1. The largest absolute Gasteiger partial charge is 0.504 e. The molecule has 1 fully saturated rings. The van der Waals surface area contributed by atoms with Crippen LogP contribution in [0.3, 0.4) is 0 Å². The summed E-state index contributed by atoms with van der Waals surface area (Å²) in [4.78, 5) is 13.6. The summed E-state index contributed by atoms with van der Waals surface area (Å²) in [5, 5.41) is 22.2. The van der Waals surface area contributed by atoms with Gasteiger partial charge in [-0.15, -0.1) is 0 Å². The van der Waals surface area contributed by atoms with E-state index in [0.29, 0.717) is 12.1 Å². The summed E-state index contributed by atoms with van der Waals surface area (Å²) in [6, 6.07) is 4.32. The molecule has 1 saturated heterocycles. The van der Waals surface area contributed by atoms with Crippen molar-refractivity contribution >= 4 is 12.1 Å². The second-order valence-corrected chi connectivity index (χ2v) is 4.52. The smallest absolute Gasteiger partial charge is 0.254 e. The third kappa shape index (κ3) is 3.96. The highest BCUT2D eigenvalue weighted by Gasteiger charge is 2.14. The summed E-state index contributed by atoms with van der Waals surface area (Å²) < 4.78 is 0. The van der Waals surface area contributed by atoms with Crippen molar-refractivity contribution in [2.75, 3.05) is 19.6 Å². The fraction of sp³-hybridized carbons (Fsp3) is 0.385. The van der Waals surface area contributed by atoms with Gasteiger partial charge in [-0.25, -0.2) is 5.43 Å². The molecule has 6 heteroatoms. The quantitative estimate of drug-likeness (QED) is 0.423. The lowest BCUT2D eigenvalue weighted by molar-refractivity contribution is -0.121. The number of rotatable bonds is 4. The summed E-state index contributed by atoms with van der Waals surface area (Å²) >= 11 is 0. The van der Waals surface area contributed by atoms with Crippen LogP contribution < -0.4 is 5.43 Å². The average molecular weight is 263 g/mol. The molecule has 1 aliphatic heterocycles. The monoisotopic (exact) mass is 263 g/mol.